The summed E-state index contributed by atoms with van der Waals surface area (Å²) in [5.74, 6) is 2.91. The minimum Gasteiger partial charge on any atom is -0.417 e. The van der Waals surface area contributed by atoms with Gasteiger partial charge in [0, 0.05) is 6.61 Å². The van der Waals surface area contributed by atoms with Crippen molar-refractivity contribution < 1.29 is 9.53 Å². The molecule has 0 aliphatic heterocycles. The molecule has 176 valence electrons. The molecule has 0 heterocycles. The molecule has 4 rings (SSSR count). The highest BCUT2D eigenvalue weighted by Crippen LogP contribution is 2.64. The number of hydrogen-bond acceptors (Lipinski definition) is 2. The molecule has 0 spiro atoms. The summed E-state index contributed by atoms with van der Waals surface area (Å²) in [5, 5.41) is 12.5. The molecule has 1 N–H and O–H groups in total. The SMILES string of the molecule is C[C@H](CO[Si](C)(C)C(C)(C)C)[C@H]1CCC2[C@]3(O)C/C=C4/C=CCC(C4)CC3CC[C@@]21C. The molecule has 0 aromatic carbocycles. The van der Waals surface area contributed by atoms with Crippen LogP contribution in [0.3, 0.4) is 0 Å². The molecule has 4 aliphatic rings. The first-order valence-electron chi connectivity index (χ1n) is 13.1. The van der Waals surface area contributed by atoms with E-state index in [9.17, 15) is 5.11 Å². The largest absolute Gasteiger partial charge is 0.417 e. The van der Waals surface area contributed by atoms with E-state index in [4.69, 9.17) is 4.43 Å². The monoisotopic (exact) mass is 444 g/mol. The number of fused-ring (bicyclic) bond motifs is 5. The topological polar surface area (TPSA) is 29.5 Å². The van der Waals surface area contributed by atoms with Gasteiger partial charge in [-0.2, -0.15) is 0 Å². The van der Waals surface area contributed by atoms with Gasteiger partial charge in [0.25, 0.3) is 0 Å². The fourth-order valence-corrected chi connectivity index (χ4v) is 8.74. The van der Waals surface area contributed by atoms with Gasteiger partial charge in [0.2, 0.25) is 0 Å². The lowest BCUT2D eigenvalue weighted by molar-refractivity contribution is -0.152. The second-order valence-electron chi connectivity index (χ2n) is 13.4. The molecule has 3 heteroatoms. The smallest absolute Gasteiger partial charge is 0.191 e. The van der Waals surface area contributed by atoms with Crippen LogP contribution >= 0.6 is 0 Å². The molecule has 3 unspecified atom stereocenters. The maximum absolute atomic E-state index is 12.3. The van der Waals surface area contributed by atoms with Crippen molar-refractivity contribution in [3.05, 3.63) is 23.8 Å². The van der Waals surface area contributed by atoms with Crippen molar-refractivity contribution in [2.45, 2.75) is 110 Å². The van der Waals surface area contributed by atoms with Gasteiger partial charge < -0.3 is 9.53 Å². The van der Waals surface area contributed by atoms with E-state index in [1.54, 1.807) is 0 Å². The van der Waals surface area contributed by atoms with Gasteiger partial charge in [-0.15, -0.1) is 0 Å². The van der Waals surface area contributed by atoms with Crippen molar-refractivity contribution in [1.29, 1.82) is 0 Å². The summed E-state index contributed by atoms with van der Waals surface area (Å²) in [5.41, 5.74) is 1.22. The third kappa shape index (κ3) is 4.17. The molecule has 31 heavy (non-hydrogen) atoms. The van der Waals surface area contributed by atoms with Crippen LogP contribution in [0.1, 0.15) is 86.0 Å². The molecule has 2 fully saturated rings. The molecule has 0 saturated heterocycles. The Bertz CT molecular complexity index is 732. The summed E-state index contributed by atoms with van der Waals surface area (Å²) in [6.45, 7) is 17.6. The van der Waals surface area contributed by atoms with E-state index in [0.717, 1.165) is 18.9 Å². The van der Waals surface area contributed by atoms with Crippen LogP contribution in [-0.2, 0) is 4.43 Å². The van der Waals surface area contributed by atoms with E-state index in [-0.39, 0.29) is 10.5 Å². The molecular formula is C28H48O2Si. The highest BCUT2D eigenvalue weighted by atomic mass is 28.4. The summed E-state index contributed by atoms with van der Waals surface area (Å²) in [4.78, 5) is 0. The fraction of sp³-hybridized carbons (Fsp3) is 0.857. The molecule has 2 bridgehead atoms. The lowest BCUT2D eigenvalue weighted by Gasteiger charge is -2.56. The highest BCUT2D eigenvalue weighted by Gasteiger charge is 2.61. The van der Waals surface area contributed by atoms with Crippen LogP contribution in [0.15, 0.2) is 23.8 Å². The third-order valence-corrected chi connectivity index (χ3v) is 15.1. The minimum absolute atomic E-state index is 0.254. The lowest BCUT2D eigenvalue weighted by atomic mass is 9.52. The first-order chi connectivity index (χ1) is 14.4. The molecule has 7 atom stereocenters. The number of allylic oxidation sites excluding steroid dienone is 3. The normalized spacial score (nSPS) is 43.3. The maximum Gasteiger partial charge on any atom is 0.191 e. The standard InChI is InChI=1S/C28H48O2Si/c1-20(19-30-31(6,7)26(2,3)4)24-11-12-25-27(24,5)15-14-23-18-22-10-8-9-21(17-22)13-16-28(23,25)29/h8-9,13,20,22-25,29H,10-12,14-19H2,1-7H3/b21-13-/t20-,22?,23?,24-,25?,27-,28+/m1/s1. The average molecular weight is 445 g/mol. The van der Waals surface area contributed by atoms with Crippen molar-refractivity contribution in [1.82, 2.24) is 0 Å². The zero-order valence-corrected chi connectivity index (χ0v) is 22.3. The highest BCUT2D eigenvalue weighted by molar-refractivity contribution is 6.74. The van der Waals surface area contributed by atoms with E-state index in [1.807, 2.05) is 0 Å². The summed E-state index contributed by atoms with van der Waals surface area (Å²) in [6, 6.07) is 0. The van der Waals surface area contributed by atoms with Gasteiger partial charge in [0.1, 0.15) is 0 Å². The first-order valence-corrected chi connectivity index (χ1v) is 16.0. The van der Waals surface area contributed by atoms with Gasteiger partial charge in [-0.05, 0) is 105 Å². The lowest BCUT2D eigenvalue weighted by Crippen LogP contribution is -2.56. The van der Waals surface area contributed by atoms with Crippen LogP contribution in [0.25, 0.3) is 0 Å². The zero-order chi connectivity index (χ0) is 22.7. The third-order valence-electron chi connectivity index (χ3n) is 10.6. The van der Waals surface area contributed by atoms with Gasteiger partial charge in [-0.1, -0.05) is 58.4 Å². The Balaban J connectivity index is 1.52. The van der Waals surface area contributed by atoms with Crippen LogP contribution in [0.2, 0.25) is 18.1 Å². The Hall–Kier alpha value is -0.383. The van der Waals surface area contributed by atoms with Crippen LogP contribution in [0.5, 0.6) is 0 Å². The zero-order valence-electron chi connectivity index (χ0n) is 21.3. The van der Waals surface area contributed by atoms with Crippen LogP contribution in [-0.4, -0.2) is 25.6 Å². The molecule has 2 saturated carbocycles. The summed E-state index contributed by atoms with van der Waals surface area (Å²) in [7, 11) is -1.72. The van der Waals surface area contributed by atoms with Gasteiger partial charge >= 0.3 is 0 Å². The summed E-state index contributed by atoms with van der Waals surface area (Å²) >= 11 is 0. The Morgan fingerprint density at radius 3 is 2.68 bits per heavy atom. The van der Waals surface area contributed by atoms with E-state index >= 15 is 0 Å². The molecule has 0 amide bonds. The quantitative estimate of drug-likeness (QED) is 0.455. The predicted molar refractivity (Wildman–Crippen MR) is 133 cm³/mol. The van der Waals surface area contributed by atoms with E-state index < -0.39 is 13.9 Å². The number of rotatable bonds is 4. The fourth-order valence-electron chi connectivity index (χ4n) is 7.63. The Kier molecular flexibility index (Phi) is 6.23. The van der Waals surface area contributed by atoms with E-state index in [2.05, 4.69) is 65.9 Å². The van der Waals surface area contributed by atoms with Gasteiger partial charge in [-0.25, -0.2) is 0 Å². The van der Waals surface area contributed by atoms with E-state index in [0.29, 0.717) is 23.7 Å². The number of aliphatic hydroxyl groups is 1. The van der Waals surface area contributed by atoms with Gasteiger partial charge in [0.15, 0.2) is 8.32 Å². The Morgan fingerprint density at radius 2 is 1.97 bits per heavy atom. The average Bonchev–Trinajstić information content (AvgIpc) is 3.04. The summed E-state index contributed by atoms with van der Waals surface area (Å²) < 4.78 is 6.67. The Labute approximate surface area is 193 Å². The van der Waals surface area contributed by atoms with Crippen molar-refractivity contribution in [2.24, 2.45) is 35.0 Å². The van der Waals surface area contributed by atoms with Crippen molar-refractivity contribution in [3.8, 4) is 0 Å². The van der Waals surface area contributed by atoms with Crippen LogP contribution in [0, 0.1) is 35.0 Å². The van der Waals surface area contributed by atoms with Crippen molar-refractivity contribution in [3.63, 3.8) is 0 Å². The predicted octanol–water partition coefficient (Wildman–Crippen LogP) is 7.50. The van der Waals surface area contributed by atoms with Gasteiger partial charge in [-0.3, -0.25) is 0 Å². The molecule has 2 nitrogen and oxygen atoms in total. The second-order valence-corrected chi connectivity index (χ2v) is 18.3. The van der Waals surface area contributed by atoms with Gasteiger partial charge in [0.05, 0.1) is 5.60 Å². The number of hydrogen-bond donors (Lipinski definition) is 1. The first kappa shape index (κ1) is 23.8. The minimum atomic E-state index is -1.72. The van der Waals surface area contributed by atoms with Crippen LogP contribution in [0.4, 0.5) is 0 Å². The molecule has 0 radical (unpaired) electrons. The maximum atomic E-state index is 12.3. The van der Waals surface area contributed by atoms with E-state index in [1.165, 1.54) is 50.5 Å². The molecule has 0 aromatic heterocycles. The molecular weight excluding hydrogens is 396 g/mol. The molecule has 4 aliphatic carbocycles. The second kappa shape index (κ2) is 8.13. The van der Waals surface area contributed by atoms with Crippen molar-refractivity contribution in [2.75, 3.05) is 6.61 Å². The Morgan fingerprint density at radius 1 is 1.23 bits per heavy atom. The van der Waals surface area contributed by atoms with Crippen LogP contribution < -0.4 is 0 Å². The summed E-state index contributed by atoms with van der Waals surface area (Å²) in [6.07, 6.45) is 16.6. The molecule has 0 aromatic rings. The van der Waals surface area contributed by atoms with Crippen molar-refractivity contribution >= 4 is 8.32 Å².